The number of halogens is 2. The van der Waals surface area contributed by atoms with Gasteiger partial charge in [0, 0.05) is 6.07 Å². The highest BCUT2D eigenvalue weighted by Crippen LogP contribution is 2.22. The molecule has 12 heteroatoms. The topological polar surface area (TPSA) is 118 Å². The summed E-state index contributed by atoms with van der Waals surface area (Å²) >= 11 is 0.788. The van der Waals surface area contributed by atoms with Crippen LogP contribution in [0.15, 0.2) is 68.4 Å². The van der Waals surface area contributed by atoms with Crippen LogP contribution in [0.5, 0.6) is 5.75 Å². The van der Waals surface area contributed by atoms with Crippen molar-refractivity contribution in [1.29, 1.82) is 0 Å². The van der Waals surface area contributed by atoms with Crippen molar-refractivity contribution >= 4 is 33.2 Å². The maximum atomic E-state index is 13.6. The van der Waals surface area contributed by atoms with Gasteiger partial charge in [-0.25, -0.2) is 22.2 Å². The Hall–Kier alpha value is -3.25. The lowest BCUT2D eigenvalue weighted by Crippen LogP contribution is -2.20. The Balaban J connectivity index is 1.70. The van der Waals surface area contributed by atoms with E-state index in [9.17, 15) is 26.8 Å². The smallest absolute Gasteiger partial charge is 0.270 e. The van der Waals surface area contributed by atoms with Crippen molar-refractivity contribution in [1.82, 2.24) is 9.97 Å². The molecule has 0 atom stereocenters. The second kappa shape index (κ2) is 9.92. The van der Waals surface area contributed by atoms with Crippen LogP contribution < -0.4 is 15.6 Å². The van der Waals surface area contributed by atoms with Gasteiger partial charge < -0.3 is 15.0 Å². The monoisotopic (exact) mass is 481 g/mol. The average Bonchev–Trinajstić information content (AvgIpc) is 2.75. The van der Waals surface area contributed by atoms with Crippen LogP contribution >= 0.6 is 11.8 Å². The predicted molar refractivity (Wildman–Crippen MR) is 114 cm³/mol. The van der Waals surface area contributed by atoms with E-state index in [1.165, 1.54) is 24.3 Å². The van der Waals surface area contributed by atoms with Gasteiger partial charge in [0.15, 0.2) is 10.1 Å². The van der Waals surface area contributed by atoms with Gasteiger partial charge in [0.2, 0.25) is 15.7 Å². The average molecular weight is 482 g/mol. The van der Waals surface area contributed by atoms with Crippen LogP contribution in [-0.2, 0) is 14.6 Å². The number of carbonyl (C=O) groups excluding carboxylic acids is 1. The van der Waals surface area contributed by atoms with Crippen molar-refractivity contribution in [3.05, 3.63) is 70.6 Å². The summed E-state index contributed by atoms with van der Waals surface area (Å²) in [6, 6.07) is 8.21. The third-order valence-corrected chi connectivity index (χ3v) is 6.67. The molecule has 3 aromatic rings. The molecule has 0 bridgehead atoms. The number of amides is 1. The number of rotatable bonds is 8. The second-order valence-corrected chi connectivity index (χ2v) is 9.13. The minimum Gasteiger partial charge on any atom is -0.494 e. The van der Waals surface area contributed by atoms with E-state index < -0.39 is 37.8 Å². The van der Waals surface area contributed by atoms with Crippen molar-refractivity contribution < 1.29 is 26.7 Å². The zero-order valence-electron chi connectivity index (χ0n) is 16.6. The molecule has 2 aromatic carbocycles. The first-order valence-corrected chi connectivity index (χ1v) is 11.6. The molecule has 0 unspecified atom stereocenters. The number of aromatic nitrogens is 2. The number of ether oxygens (including phenoxy) is 1. The van der Waals surface area contributed by atoms with Crippen molar-refractivity contribution in [2.45, 2.75) is 21.9 Å². The third-order valence-electron chi connectivity index (χ3n) is 4.02. The zero-order valence-corrected chi connectivity index (χ0v) is 18.2. The Labute approximate surface area is 186 Å². The summed E-state index contributed by atoms with van der Waals surface area (Å²) < 4.78 is 57.5. The van der Waals surface area contributed by atoms with Gasteiger partial charge in [-0.15, -0.1) is 0 Å². The van der Waals surface area contributed by atoms with E-state index in [0.29, 0.717) is 12.4 Å². The number of nitrogens with one attached hydrogen (secondary N) is 2. The van der Waals surface area contributed by atoms with Crippen LogP contribution in [0.3, 0.4) is 0 Å². The van der Waals surface area contributed by atoms with Gasteiger partial charge in [0.1, 0.15) is 17.4 Å². The summed E-state index contributed by atoms with van der Waals surface area (Å²) in [6.07, 6.45) is 0.900. The fourth-order valence-corrected chi connectivity index (χ4v) is 4.42. The Morgan fingerprint density at radius 1 is 1.19 bits per heavy atom. The number of anilines is 1. The number of nitrogens with zero attached hydrogens (tertiary/aromatic N) is 1. The van der Waals surface area contributed by atoms with Crippen LogP contribution in [0, 0.1) is 11.6 Å². The third kappa shape index (κ3) is 5.51. The molecule has 3 rings (SSSR count). The van der Waals surface area contributed by atoms with Gasteiger partial charge in [-0.05, 0) is 43.3 Å². The van der Waals surface area contributed by atoms with Crippen LogP contribution in [0.25, 0.3) is 0 Å². The van der Waals surface area contributed by atoms with E-state index in [0.717, 1.165) is 36.2 Å². The molecular weight excluding hydrogens is 464 g/mol. The van der Waals surface area contributed by atoms with Crippen molar-refractivity contribution in [3.63, 3.8) is 0 Å². The molecule has 32 heavy (non-hydrogen) atoms. The highest BCUT2D eigenvalue weighted by Gasteiger charge is 2.22. The molecule has 2 N–H and O–H groups in total. The number of hydrogen-bond acceptors (Lipinski definition) is 7. The van der Waals surface area contributed by atoms with E-state index in [1.807, 2.05) is 0 Å². The van der Waals surface area contributed by atoms with Gasteiger partial charge in [0.05, 0.1) is 29.1 Å². The van der Waals surface area contributed by atoms with Gasteiger partial charge in [-0.1, -0.05) is 11.8 Å². The number of thioether (sulfide) groups is 1. The Kier molecular flexibility index (Phi) is 7.26. The number of H-pyrrole nitrogens is 1. The van der Waals surface area contributed by atoms with E-state index in [4.69, 9.17) is 4.74 Å². The predicted octanol–water partition coefficient (Wildman–Crippen LogP) is 3.01. The lowest BCUT2D eigenvalue weighted by molar-refractivity contribution is -0.113. The molecule has 0 aliphatic heterocycles. The zero-order chi connectivity index (χ0) is 23.3. The highest BCUT2D eigenvalue weighted by molar-refractivity contribution is 7.99. The molecule has 0 saturated heterocycles. The SMILES string of the molecule is CCOc1ccc(S(=O)(=O)c2cnc(SCC(=O)Nc3cc(F)ccc3F)[nH]c2=O)cc1. The first kappa shape index (κ1) is 23.4. The van der Waals surface area contributed by atoms with Crippen LogP contribution in [-0.4, -0.2) is 36.7 Å². The van der Waals surface area contributed by atoms with Gasteiger partial charge in [-0.2, -0.15) is 0 Å². The lowest BCUT2D eigenvalue weighted by Gasteiger charge is -2.08. The van der Waals surface area contributed by atoms with Gasteiger partial charge >= 0.3 is 0 Å². The summed E-state index contributed by atoms with van der Waals surface area (Å²) in [5.74, 6) is -2.00. The normalized spacial score (nSPS) is 11.2. The summed E-state index contributed by atoms with van der Waals surface area (Å²) in [7, 11) is -4.13. The van der Waals surface area contributed by atoms with Crippen molar-refractivity contribution in [2.75, 3.05) is 17.7 Å². The van der Waals surface area contributed by atoms with E-state index in [1.54, 1.807) is 6.92 Å². The number of aromatic amines is 1. The summed E-state index contributed by atoms with van der Waals surface area (Å²) in [5, 5.41) is 2.19. The summed E-state index contributed by atoms with van der Waals surface area (Å²) in [4.78, 5) is 29.8. The van der Waals surface area contributed by atoms with E-state index >= 15 is 0 Å². The minimum atomic E-state index is -4.13. The second-order valence-electron chi connectivity index (χ2n) is 6.25. The number of benzene rings is 2. The number of carbonyl (C=O) groups is 1. The van der Waals surface area contributed by atoms with Gasteiger partial charge in [-0.3, -0.25) is 9.59 Å². The van der Waals surface area contributed by atoms with Crippen molar-refractivity contribution in [3.8, 4) is 5.75 Å². The summed E-state index contributed by atoms with van der Waals surface area (Å²) in [5.41, 5.74) is -1.23. The maximum Gasteiger partial charge on any atom is 0.270 e. The first-order chi connectivity index (χ1) is 15.2. The molecule has 1 amide bonds. The molecule has 0 aliphatic carbocycles. The fourth-order valence-electron chi connectivity index (χ4n) is 2.55. The summed E-state index contributed by atoms with van der Waals surface area (Å²) in [6.45, 7) is 2.21. The molecule has 0 saturated carbocycles. The molecule has 1 heterocycles. The Morgan fingerprint density at radius 2 is 1.91 bits per heavy atom. The Bertz CT molecular complexity index is 1300. The minimum absolute atomic E-state index is 0.0180. The maximum absolute atomic E-state index is 13.6. The lowest BCUT2D eigenvalue weighted by atomic mass is 10.3. The highest BCUT2D eigenvalue weighted by atomic mass is 32.2. The van der Waals surface area contributed by atoms with Crippen LogP contribution in [0.4, 0.5) is 14.5 Å². The molecule has 0 radical (unpaired) electrons. The number of hydrogen-bond donors (Lipinski definition) is 2. The molecular formula is C20H17F2N3O5S2. The van der Waals surface area contributed by atoms with E-state index in [-0.39, 0.29) is 21.5 Å². The Morgan fingerprint density at radius 3 is 2.56 bits per heavy atom. The molecule has 1 aromatic heterocycles. The molecule has 0 spiro atoms. The standard InChI is InChI=1S/C20H17F2N3O5S2/c1-2-30-13-4-6-14(7-5-13)32(28,29)17-10-23-20(25-19(17)27)31-11-18(26)24-16-9-12(21)3-8-15(16)22/h3-10H,2,11H2,1H3,(H,24,26)(H,23,25,27). The largest absolute Gasteiger partial charge is 0.494 e. The molecule has 0 fully saturated rings. The van der Waals surface area contributed by atoms with Crippen molar-refractivity contribution in [2.24, 2.45) is 0 Å². The number of sulfone groups is 1. The van der Waals surface area contributed by atoms with Crippen LogP contribution in [0.2, 0.25) is 0 Å². The fraction of sp³-hybridized carbons (Fsp3) is 0.150. The van der Waals surface area contributed by atoms with Gasteiger partial charge in [0.25, 0.3) is 5.56 Å². The van der Waals surface area contributed by atoms with E-state index in [2.05, 4.69) is 15.3 Å². The molecule has 0 aliphatic rings. The first-order valence-electron chi connectivity index (χ1n) is 9.15. The molecule has 168 valence electrons. The molecule has 8 nitrogen and oxygen atoms in total. The van der Waals surface area contributed by atoms with Crippen LogP contribution in [0.1, 0.15) is 6.92 Å². The quantitative estimate of drug-likeness (QED) is 0.375.